The zero-order chi connectivity index (χ0) is 20.8. The average molecular weight is 461 g/mol. The Bertz CT molecular complexity index is 1570. The number of benzene rings is 5. The number of rotatable bonds is 2. The Morgan fingerprint density at radius 2 is 1.13 bits per heavy atom. The van der Waals surface area contributed by atoms with Crippen molar-refractivity contribution in [2.45, 2.75) is 0 Å². The summed E-state index contributed by atoms with van der Waals surface area (Å²) in [6, 6.07) is 32.1. The van der Waals surface area contributed by atoms with Gasteiger partial charge in [-0.25, -0.2) is 0 Å². The summed E-state index contributed by atoms with van der Waals surface area (Å²) >= 11 is 3.68. The van der Waals surface area contributed by atoms with Gasteiger partial charge >= 0.3 is 0 Å². The second kappa shape index (κ2) is 7.29. The first-order valence-electron chi connectivity index (χ1n) is 10.2. The van der Waals surface area contributed by atoms with Gasteiger partial charge in [-0.3, -0.25) is 9.97 Å². The maximum atomic E-state index is 4.66. The molecule has 1 heterocycles. The topological polar surface area (TPSA) is 25.8 Å². The second-order valence-electron chi connectivity index (χ2n) is 7.62. The Morgan fingerprint density at radius 3 is 1.94 bits per heavy atom. The molecule has 0 unspecified atom stereocenters. The van der Waals surface area contributed by atoms with Crippen molar-refractivity contribution in [1.82, 2.24) is 9.97 Å². The smallest absolute Gasteiger partial charge is 0.0971 e. The number of aromatic nitrogens is 2. The molecule has 6 rings (SSSR count). The SMILES string of the molecule is Brc1ccccc1-c1cccc(-c2ccc3c(c2)c2ccccc2c2nccnc32)c1. The average Bonchev–Trinajstić information content (AvgIpc) is 2.84. The summed E-state index contributed by atoms with van der Waals surface area (Å²) in [6.07, 6.45) is 3.54. The molecule has 5 aromatic carbocycles. The maximum Gasteiger partial charge on any atom is 0.0971 e. The summed E-state index contributed by atoms with van der Waals surface area (Å²) in [4.78, 5) is 9.28. The lowest BCUT2D eigenvalue weighted by atomic mass is 9.94. The lowest BCUT2D eigenvalue weighted by Crippen LogP contribution is -1.89. The molecule has 0 bridgehead atoms. The van der Waals surface area contributed by atoms with Gasteiger partial charge in [0.15, 0.2) is 0 Å². The molecule has 0 fully saturated rings. The molecule has 0 saturated carbocycles. The van der Waals surface area contributed by atoms with Gasteiger partial charge in [-0.15, -0.1) is 0 Å². The zero-order valence-corrected chi connectivity index (χ0v) is 18.2. The van der Waals surface area contributed by atoms with Gasteiger partial charge in [0.1, 0.15) is 0 Å². The van der Waals surface area contributed by atoms with Gasteiger partial charge in [-0.05, 0) is 51.2 Å². The molecular weight excluding hydrogens is 444 g/mol. The molecule has 31 heavy (non-hydrogen) atoms. The van der Waals surface area contributed by atoms with Crippen LogP contribution in [0.1, 0.15) is 0 Å². The van der Waals surface area contributed by atoms with Crippen LogP contribution in [0.3, 0.4) is 0 Å². The first-order valence-corrected chi connectivity index (χ1v) is 11.0. The van der Waals surface area contributed by atoms with E-state index >= 15 is 0 Å². The molecule has 0 spiro atoms. The monoisotopic (exact) mass is 460 g/mol. The molecule has 0 radical (unpaired) electrons. The Kier molecular flexibility index (Phi) is 4.29. The summed E-state index contributed by atoms with van der Waals surface area (Å²) < 4.78 is 1.10. The largest absolute Gasteiger partial charge is 0.252 e. The number of fused-ring (bicyclic) bond motifs is 6. The molecule has 0 N–H and O–H groups in total. The third kappa shape index (κ3) is 3.01. The van der Waals surface area contributed by atoms with Crippen molar-refractivity contribution in [2.75, 3.05) is 0 Å². The Morgan fingerprint density at radius 1 is 0.484 bits per heavy atom. The third-order valence-electron chi connectivity index (χ3n) is 5.83. The fourth-order valence-electron chi connectivity index (χ4n) is 4.37. The minimum Gasteiger partial charge on any atom is -0.252 e. The van der Waals surface area contributed by atoms with E-state index in [1.54, 1.807) is 12.4 Å². The van der Waals surface area contributed by atoms with Crippen LogP contribution in [-0.4, -0.2) is 9.97 Å². The molecule has 0 atom stereocenters. The second-order valence-corrected chi connectivity index (χ2v) is 8.47. The summed E-state index contributed by atoms with van der Waals surface area (Å²) in [5, 5.41) is 4.67. The van der Waals surface area contributed by atoms with E-state index < -0.39 is 0 Å². The molecule has 0 aliphatic rings. The molecule has 0 amide bonds. The van der Waals surface area contributed by atoms with E-state index in [0.29, 0.717) is 0 Å². The van der Waals surface area contributed by atoms with Crippen molar-refractivity contribution in [3.8, 4) is 22.3 Å². The van der Waals surface area contributed by atoms with Crippen LogP contribution >= 0.6 is 15.9 Å². The van der Waals surface area contributed by atoms with E-state index in [1.807, 2.05) is 6.07 Å². The summed E-state index contributed by atoms with van der Waals surface area (Å²) in [5.74, 6) is 0. The molecule has 0 aliphatic heterocycles. The van der Waals surface area contributed by atoms with E-state index in [0.717, 1.165) is 26.3 Å². The number of halogens is 1. The van der Waals surface area contributed by atoms with Gasteiger partial charge in [0.05, 0.1) is 11.0 Å². The van der Waals surface area contributed by atoms with Gasteiger partial charge < -0.3 is 0 Å². The van der Waals surface area contributed by atoms with Crippen molar-refractivity contribution in [2.24, 2.45) is 0 Å². The fraction of sp³-hybridized carbons (Fsp3) is 0. The Hall–Kier alpha value is -3.56. The van der Waals surface area contributed by atoms with Crippen LogP contribution in [0.5, 0.6) is 0 Å². The highest BCUT2D eigenvalue weighted by molar-refractivity contribution is 9.10. The molecule has 6 aromatic rings. The Labute approximate surface area is 188 Å². The van der Waals surface area contributed by atoms with Gasteiger partial charge in [0.25, 0.3) is 0 Å². The third-order valence-corrected chi connectivity index (χ3v) is 6.52. The van der Waals surface area contributed by atoms with Crippen molar-refractivity contribution < 1.29 is 0 Å². The van der Waals surface area contributed by atoms with Crippen molar-refractivity contribution in [3.05, 3.63) is 108 Å². The van der Waals surface area contributed by atoms with E-state index in [9.17, 15) is 0 Å². The molecule has 0 saturated heterocycles. The minimum atomic E-state index is 0.949. The lowest BCUT2D eigenvalue weighted by molar-refractivity contribution is 1.31. The number of hydrogen-bond acceptors (Lipinski definition) is 2. The van der Waals surface area contributed by atoms with Gasteiger partial charge in [-0.1, -0.05) is 88.7 Å². The highest BCUT2D eigenvalue weighted by atomic mass is 79.9. The van der Waals surface area contributed by atoms with Gasteiger partial charge in [0.2, 0.25) is 0 Å². The van der Waals surface area contributed by atoms with Crippen LogP contribution in [0, 0.1) is 0 Å². The first-order chi connectivity index (χ1) is 15.3. The van der Waals surface area contributed by atoms with Crippen LogP contribution < -0.4 is 0 Å². The zero-order valence-electron chi connectivity index (χ0n) is 16.6. The standard InChI is InChI=1S/C28H17BrN2/c29-26-11-4-3-8-21(26)20-7-5-6-18(16-20)19-12-13-24-25(17-19)22-9-1-2-10-23(22)27-28(24)31-15-14-30-27/h1-17H. The van der Waals surface area contributed by atoms with Crippen molar-refractivity contribution in [1.29, 1.82) is 0 Å². The molecule has 146 valence electrons. The Balaban J connectivity index is 1.61. The van der Waals surface area contributed by atoms with Crippen molar-refractivity contribution in [3.63, 3.8) is 0 Å². The van der Waals surface area contributed by atoms with Gasteiger partial charge in [0, 0.05) is 27.6 Å². The highest BCUT2D eigenvalue weighted by Crippen LogP contribution is 2.36. The number of hydrogen-bond donors (Lipinski definition) is 0. The van der Waals surface area contributed by atoms with E-state index in [4.69, 9.17) is 0 Å². The molecule has 0 aliphatic carbocycles. The van der Waals surface area contributed by atoms with Crippen LogP contribution in [0.4, 0.5) is 0 Å². The normalized spacial score (nSPS) is 11.4. The van der Waals surface area contributed by atoms with Crippen LogP contribution in [0.2, 0.25) is 0 Å². The predicted octanol–water partition coefficient (Wildman–Crippen LogP) is 8.03. The van der Waals surface area contributed by atoms with Crippen molar-refractivity contribution >= 4 is 48.5 Å². The summed E-state index contributed by atoms with van der Waals surface area (Å²) in [7, 11) is 0. The van der Waals surface area contributed by atoms with Crippen LogP contribution in [-0.2, 0) is 0 Å². The summed E-state index contributed by atoms with van der Waals surface area (Å²) in [5.41, 5.74) is 6.67. The first kappa shape index (κ1) is 18.2. The molecule has 3 heteroatoms. The minimum absolute atomic E-state index is 0.949. The molecular formula is C28H17BrN2. The van der Waals surface area contributed by atoms with E-state index in [-0.39, 0.29) is 0 Å². The highest BCUT2D eigenvalue weighted by Gasteiger charge is 2.12. The maximum absolute atomic E-state index is 4.66. The molecule has 1 aromatic heterocycles. The van der Waals surface area contributed by atoms with E-state index in [1.165, 1.54) is 33.0 Å². The fourth-order valence-corrected chi connectivity index (χ4v) is 4.89. The van der Waals surface area contributed by atoms with Gasteiger partial charge in [-0.2, -0.15) is 0 Å². The quantitative estimate of drug-likeness (QED) is 0.244. The van der Waals surface area contributed by atoms with Crippen LogP contribution in [0.15, 0.2) is 108 Å². The number of nitrogens with zero attached hydrogens (tertiary/aromatic N) is 2. The summed E-state index contributed by atoms with van der Waals surface area (Å²) in [6.45, 7) is 0. The van der Waals surface area contributed by atoms with E-state index in [2.05, 4.69) is 111 Å². The van der Waals surface area contributed by atoms with Crippen LogP contribution in [0.25, 0.3) is 54.8 Å². The predicted molar refractivity (Wildman–Crippen MR) is 133 cm³/mol. The molecule has 2 nitrogen and oxygen atoms in total. The lowest BCUT2D eigenvalue weighted by Gasteiger charge is -2.12.